The molecule has 4 atom stereocenters. The van der Waals surface area contributed by atoms with E-state index >= 15 is 0 Å². The van der Waals surface area contributed by atoms with Crippen molar-refractivity contribution in [2.45, 2.75) is 32.0 Å². The third-order valence-electron chi connectivity index (χ3n) is 2.88. The molecule has 0 heterocycles. The lowest BCUT2D eigenvalue weighted by molar-refractivity contribution is 0.0208. The lowest BCUT2D eigenvalue weighted by atomic mass is 10.0. The van der Waals surface area contributed by atoms with Gasteiger partial charge in [0.15, 0.2) is 0 Å². The van der Waals surface area contributed by atoms with E-state index in [9.17, 15) is 5.11 Å². The molecule has 1 saturated carbocycles. The van der Waals surface area contributed by atoms with Gasteiger partial charge in [0.05, 0.1) is 12.2 Å². The molecule has 2 aliphatic carbocycles. The van der Waals surface area contributed by atoms with Crippen molar-refractivity contribution in [1.29, 1.82) is 0 Å². The van der Waals surface area contributed by atoms with Crippen molar-refractivity contribution in [3.8, 4) is 0 Å². The fourth-order valence-electron chi connectivity index (χ4n) is 2.22. The molecule has 4 unspecified atom stereocenters. The predicted octanol–water partition coefficient (Wildman–Crippen LogP) is 1.35. The molecule has 0 amide bonds. The molecule has 1 fully saturated rings. The Labute approximate surface area is 73.2 Å². The minimum atomic E-state index is -0.160. The SMILES string of the molecule is CCCOC1CC2C=CC1C2O. The summed E-state index contributed by atoms with van der Waals surface area (Å²) in [5.41, 5.74) is 0. The molecule has 0 aromatic heterocycles. The quantitative estimate of drug-likeness (QED) is 0.644. The summed E-state index contributed by atoms with van der Waals surface area (Å²) >= 11 is 0. The number of hydrogen-bond donors (Lipinski definition) is 1. The number of ether oxygens (including phenoxy) is 1. The van der Waals surface area contributed by atoms with Crippen LogP contribution in [0.25, 0.3) is 0 Å². The van der Waals surface area contributed by atoms with Crippen molar-refractivity contribution in [1.82, 2.24) is 0 Å². The van der Waals surface area contributed by atoms with Gasteiger partial charge in [0.25, 0.3) is 0 Å². The summed E-state index contributed by atoms with van der Waals surface area (Å²) in [6.45, 7) is 2.94. The largest absolute Gasteiger partial charge is 0.392 e. The first kappa shape index (κ1) is 8.27. The topological polar surface area (TPSA) is 29.5 Å². The van der Waals surface area contributed by atoms with Gasteiger partial charge in [-0.05, 0) is 12.8 Å². The molecule has 12 heavy (non-hydrogen) atoms. The molecule has 0 aliphatic heterocycles. The summed E-state index contributed by atoms with van der Waals surface area (Å²) in [5, 5.41) is 9.66. The van der Waals surface area contributed by atoms with E-state index in [-0.39, 0.29) is 18.1 Å². The van der Waals surface area contributed by atoms with Crippen molar-refractivity contribution in [2.24, 2.45) is 11.8 Å². The van der Waals surface area contributed by atoms with E-state index in [2.05, 4.69) is 19.1 Å². The molecular weight excluding hydrogens is 152 g/mol. The molecule has 2 rings (SSSR count). The Kier molecular flexibility index (Phi) is 2.20. The maximum Gasteiger partial charge on any atom is 0.0691 e. The normalized spacial score (nSPS) is 44.2. The van der Waals surface area contributed by atoms with Crippen LogP contribution in [0.15, 0.2) is 12.2 Å². The van der Waals surface area contributed by atoms with Gasteiger partial charge in [-0.1, -0.05) is 19.1 Å². The van der Waals surface area contributed by atoms with E-state index in [0.29, 0.717) is 5.92 Å². The van der Waals surface area contributed by atoms with Crippen molar-refractivity contribution in [3.63, 3.8) is 0 Å². The summed E-state index contributed by atoms with van der Waals surface area (Å²) in [7, 11) is 0. The van der Waals surface area contributed by atoms with E-state index in [1.54, 1.807) is 0 Å². The summed E-state index contributed by atoms with van der Waals surface area (Å²) in [5.74, 6) is 0.651. The molecule has 0 aromatic rings. The van der Waals surface area contributed by atoms with E-state index in [1.165, 1.54) is 0 Å². The summed E-state index contributed by atoms with van der Waals surface area (Å²) in [4.78, 5) is 0. The third-order valence-corrected chi connectivity index (χ3v) is 2.88. The Bertz CT molecular complexity index is 188. The second-order valence-corrected chi connectivity index (χ2v) is 3.76. The average Bonchev–Trinajstić information content (AvgIpc) is 2.58. The molecule has 2 bridgehead atoms. The first-order valence-electron chi connectivity index (χ1n) is 4.81. The van der Waals surface area contributed by atoms with Gasteiger partial charge in [-0.2, -0.15) is 0 Å². The Morgan fingerprint density at radius 2 is 2.33 bits per heavy atom. The molecule has 2 nitrogen and oxygen atoms in total. The Morgan fingerprint density at radius 1 is 1.50 bits per heavy atom. The average molecular weight is 168 g/mol. The minimum absolute atomic E-state index is 0.160. The molecule has 68 valence electrons. The van der Waals surface area contributed by atoms with Gasteiger partial charge in [-0.25, -0.2) is 0 Å². The van der Waals surface area contributed by atoms with Crippen LogP contribution in [0.1, 0.15) is 19.8 Å². The monoisotopic (exact) mass is 168 g/mol. The van der Waals surface area contributed by atoms with Gasteiger partial charge in [0.2, 0.25) is 0 Å². The number of hydrogen-bond acceptors (Lipinski definition) is 2. The molecule has 2 aliphatic rings. The highest BCUT2D eigenvalue weighted by molar-refractivity contribution is 5.16. The summed E-state index contributed by atoms with van der Waals surface area (Å²) < 4.78 is 5.65. The fourth-order valence-corrected chi connectivity index (χ4v) is 2.22. The fraction of sp³-hybridized carbons (Fsp3) is 0.800. The van der Waals surface area contributed by atoms with Gasteiger partial charge in [-0.3, -0.25) is 0 Å². The van der Waals surface area contributed by atoms with Crippen LogP contribution in [-0.4, -0.2) is 23.9 Å². The lowest BCUT2D eigenvalue weighted by Gasteiger charge is -2.18. The molecule has 0 saturated heterocycles. The number of rotatable bonds is 3. The maximum atomic E-state index is 9.66. The Morgan fingerprint density at radius 3 is 2.83 bits per heavy atom. The van der Waals surface area contributed by atoms with Gasteiger partial charge < -0.3 is 9.84 Å². The van der Waals surface area contributed by atoms with Crippen LogP contribution in [0.2, 0.25) is 0 Å². The van der Waals surface area contributed by atoms with Crippen molar-refractivity contribution in [2.75, 3.05) is 6.61 Å². The highest BCUT2D eigenvalue weighted by Crippen LogP contribution is 2.40. The first-order valence-corrected chi connectivity index (χ1v) is 4.81. The zero-order valence-corrected chi connectivity index (χ0v) is 7.44. The van der Waals surface area contributed by atoms with Crippen LogP contribution in [0.4, 0.5) is 0 Å². The van der Waals surface area contributed by atoms with Crippen LogP contribution in [0.3, 0.4) is 0 Å². The van der Waals surface area contributed by atoms with Gasteiger partial charge in [0, 0.05) is 18.4 Å². The zero-order chi connectivity index (χ0) is 8.55. The van der Waals surface area contributed by atoms with Crippen LogP contribution >= 0.6 is 0 Å². The molecular formula is C10H16O2. The van der Waals surface area contributed by atoms with Crippen molar-refractivity contribution < 1.29 is 9.84 Å². The summed E-state index contributed by atoms with van der Waals surface area (Å²) in [6.07, 6.45) is 6.44. The van der Waals surface area contributed by atoms with Gasteiger partial charge in [0.1, 0.15) is 0 Å². The first-order chi connectivity index (χ1) is 5.83. The van der Waals surface area contributed by atoms with Crippen LogP contribution in [-0.2, 0) is 4.74 Å². The highest BCUT2D eigenvalue weighted by Gasteiger charge is 2.44. The highest BCUT2D eigenvalue weighted by atomic mass is 16.5. The molecule has 0 aromatic carbocycles. The Balaban J connectivity index is 1.91. The second kappa shape index (κ2) is 3.19. The molecule has 2 heteroatoms. The Hall–Kier alpha value is -0.340. The zero-order valence-electron chi connectivity index (χ0n) is 7.44. The van der Waals surface area contributed by atoms with Crippen LogP contribution < -0.4 is 0 Å². The lowest BCUT2D eigenvalue weighted by Crippen LogP contribution is -2.22. The number of aliphatic hydroxyl groups excluding tert-OH is 1. The van der Waals surface area contributed by atoms with Crippen LogP contribution in [0.5, 0.6) is 0 Å². The van der Waals surface area contributed by atoms with Crippen molar-refractivity contribution in [3.05, 3.63) is 12.2 Å². The molecule has 1 N–H and O–H groups in total. The standard InChI is InChI=1S/C10H16O2/c1-2-5-12-9-6-7-3-4-8(9)10(7)11/h3-4,7-11H,2,5-6H2,1H3. The van der Waals surface area contributed by atoms with E-state index < -0.39 is 0 Å². The minimum Gasteiger partial charge on any atom is -0.392 e. The smallest absolute Gasteiger partial charge is 0.0691 e. The second-order valence-electron chi connectivity index (χ2n) is 3.76. The van der Waals surface area contributed by atoms with Crippen molar-refractivity contribution >= 4 is 0 Å². The molecule has 0 spiro atoms. The maximum absolute atomic E-state index is 9.66. The number of aliphatic hydroxyl groups is 1. The predicted molar refractivity (Wildman–Crippen MR) is 46.8 cm³/mol. The summed E-state index contributed by atoms with van der Waals surface area (Å²) in [6, 6.07) is 0. The third kappa shape index (κ3) is 1.19. The van der Waals surface area contributed by atoms with E-state index in [4.69, 9.17) is 4.74 Å². The van der Waals surface area contributed by atoms with Gasteiger partial charge in [-0.15, -0.1) is 0 Å². The number of fused-ring (bicyclic) bond motifs is 2. The van der Waals surface area contributed by atoms with E-state index in [0.717, 1.165) is 19.4 Å². The van der Waals surface area contributed by atoms with Crippen LogP contribution in [0, 0.1) is 11.8 Å². The van der Waals surface area contributed by atoms with E-state index in [1.807, 2.05) is 0 Å². The van der Waals surface area contributed by atoms with Gasteiger partial charge >= 0.3 is 0 Å². The molecule has 0 radical (unpaired) electrons.